The molecule has 0 N–H and O–H groups in total. The Morgan fingerprint density at radius 3 is 2.77 bits per heavy atom. The fraction of sp³-hybridized carbons (Fsp3) is 0.300. The van der Waals surface area contributed by atoms with Crippen LogP contribution in [-0.2, 0) is 4.79 Å². The summed E-state index contributed by atoms with van der Waals surface area (Å²) in [4.78, 5) is 10.9. The minimum absolute atomic E-state index is 0.235. The van der Waals surface area contributed by atoms with Crippen molar-refractivity contribution in [3.8, 4) is 5.75 Å². The first-order valence-corrected chi connectivity index (χ1v) is 4.48. The number of halogens is 1. The van der Waals surface area contributed by atoms with Crippen LogP contribution in [0, 0.1) is 6.92 Å². The predicted molar refractivity (Wildman–Crippen MR) is 52.1 cm³/mol. The van der Waals surface area contributed by atoms with E-state index < -0.39 is 0 Å². The highest BCUT2D eigenvalue weighted by Gasteiger charge is 2.02. The van der Waals surface area contributed by atoms with Crippen LogP contribution in [0.2, 0.25) is 5.02 Å². The molecule has 0 bridgehead atoms. The molecule has 0 radical (unpaired) electrons. The molecule has 0 amide bonds. The summed E-state index contributed by atoms with van der Waals surface area (Å²) < 4.78 is 5.00. The fourth-order valence-corrected chi connectivity index (χ4v) is 1.00. The highest BCUT2D eigenvalue weighted by Crippen LogP contribution is 2.21. The Balaban J connectivity index is 2.79. The zero-order valence-corrected chi connectivity index (χ0v) is 8.39. The minimum Gasteiger partial charge on any atom is -0.427 e. The lowest BCUT2D eigenvalue weighted by atomic mass is 10.2. The Morgan fingerprint density at radius 2 is 2.23 bits per heavy atom. The molecule has 0 saturated carbocycles. The molecule has 70 valence electrons. The largest absolute Gasteiger partial charge is 0.427 e. The van der Waals surface area contributed by atoms with E-state index in [2.05, 4.69) is 0 Å². The molecule has 0 saturated heterocycles. The fourth-order valence-electron chi connectivity index (χ4n) is 0.884. The van der Waals surface area contributed by atoms with Crippen molar-refractivity contribution >= 4 is 17.6 Å². The zero-order chi connectivity index (χ0) is 9.84. The Hall–Kier alpha value is -1.02. The second kappa shape index (κ2) is 4.28. The third-order valence-corrected chi connectivity index (χ3v) is 2.07. The molecule has 2 nitrogen and oxygen atoms in total. The van der Waals surface area contributed by atoms with Crippen LogP contribution in [0.4, 0.5) is 0 Å². The van der Waals surface area contributed by atoms with E-state index in [9.17, 15) is 4.79 Å². The summed E-state index contributed by atoms with van der Waals surface area (Å²) in [5.41, 5.74) is 0.906. The molecule has 0 spiro atoms. The number of hydrogen-bond acceptors (Lipinski definition) is 2. The summed E-state index contributed by atoms with van der Waals surface area (Å²) in [6, 6.07) is 5.15. The van der Waals surface area contributed by atoms with Crippen LogP contribution in [0.25, 0.3) is 0 Å². The van der Waals surface area contributed by atoms with Crippen molar-refractivity contribution in [2.45, 2.75) is 20.3 Å². The van der Waals surface area contributed by atoms with Crippen molar-refractivity contribution in [2.75, 3.05) is 0 Å². The van der Waals surface area contributed by atoms with Crippen molar-refractivity contribution in [3.63, 3.8) is 0 Å². The van der Waals surface area contributed by atoms with E-state index in [0.717, 1.165) is 5.56 Å². The van der Waals surface area contributed by atoms with E-state index in [1.54, 1.807) is 25.1 Å². The number of carbonyl (C=O) groups excluding carboxylic acids is 1. The summed E-state index contributed by atoms with van der Waals surface area (Å²) in [6.07, 6.45) is 0.377. The van der Waals surface area contributed by atoms with Crippen molar-refractivity contribution in [1.82, 2.24) is 0 Å². The number of benzene rings is 1. The van der Waals surface area contributed by atoms with Crippen molar-refractivity contribution < 1.29 is 9.53 Å². The number of hydrogen-bond donors (Lipinski definition) is 0. The second-order valence-electron chi connectivity index (χ2n) is 2.74. The van der Waals surface area contributed by atoms with Gasteiger partial charge in [0.05, 0.1) is 0 Å². The van der Waals surface area contributed by atoms with Gasteiger partial charge in [-0.15, -0.1) is 0 Å². The third kappa shape index (κ3) is 2.74. The SMILES string of the molecule is CCC(=O)Oc1ccc(Cl)c(C)c1. The average molecular weight is 199 g/mol. The molecule has 1 aromatic carbocycles. The molecule has 1 aromatic rings. The van der Waals surface area contributed by atoms with E-state index in [1.165, 1.54) is 0 Å². The molecule has 0 aliphatic heterocycles. The lowest BCUT2D eigenvalue weighted by Gasteiger charge is -2.04. The maximum absolute atomic E-state index is 10.9. The Morgan fingerprint density at radius 1 is 1.54 bits per heavy atom. The van der Waals surface area contributed by atoms with Gasteiger partial charge in [-0.2, -0.15) is 0 Å². The van der Waals surface area contributed by atoms with Gasteiger partial charge in [-0.3, -0.25) is 4.79 Å². The highest BCUT2D eigenvalue weighted by molar-refractivity contribution is 6.31. The number of carbonyl (C=O) groups is 1. The van der Waals surface area contributed by atoms with Crippen molar-refractivity contribution in [2.24, 2.45) is 0 Å². The Bertz CT molecular complexity index is 321. The standard InChI is InChI=1S/C10H11ClO2/c1-3-10(12)13-8-4-5-9(11)7(2)6-8/h4-6H,3H2,1-2H3. The highest BCUT2D eigenvalue weighted by atomic mass is 35.5. The van der Waals surface area contributed by atoms with Gasteiger partial charge in [-0.25, -0.2) is 0 Å². The number of ether oxygens (including phenoxy) is 1. The maximum Gasteiger partial charge on any atom is 0.310 e. The van der Waals surface area contributed by atoms with Gasteiger partial charge in [-0.1, -0.05) is 18.5 Å². The lowest BCUT2D eigenvalue weighted by molar-refractivity contribution is -0.134. The minimum atomic E-state index is -0.235. The molecule has 0 atom stereocenters. The first-order valence-electron chi connectivity index (χ1n) is 4.10. The molecule has 0 fully saturated rings. The molecule has 13 heavy (non-hydrogen) atoms. The molecule has 1 rings (SSSR count). The third-order valence-electron chi connectivity index (χ3n) is 1.65. The maximum atomic E-state index is 10.9. The van der Waals surface area contributed by atoms with E-state index in [0.29, 0.717) is 17.2 Å². The van der Waals surface area contributed by atoms with Crippen LogP contribution in [-0.4, -0.2) is 5.97 Å². The quantitative estimate of drug-likeness (QED) is 0.540. The number of aryl methyl sites for hydroxylation is 1. The van der Waals surface area contributed by atoms with Gasteiger partial charge < -0.3 is 4.74 Å². The summed E-state index contributed by atoms with van der Waals surface area (Å²) >= 11 is 5.81. The van der Waals surface area contributed by atoms with E-state index >= 15 is 0 Å². The van der Waals surface area contributed by atoms with Gasteiger partial charge in [0.15, 0.2) is 0 Å². The summed E-state index contributed by atoms with van der Waals surface area (Å²) in [5, 5.41) is 0.677. The van der Waals surface area contributed by atoms with Crippen LogP contribution in [0.5, 0.6) is 5.75 Å². The van der Waals surface area contributed by atoms with Crippen LogP contribution in [0.3, 0.4) is 0 Å². The van der Waals surface area contributed by atoms with Gasteiger partial charge in [0.25, 0.3) is 0 Å². The van der Waals surface area contributed by atoms with Gasteiger partial charge in [0, 0.05) is 11.4 Å². The van der Waals surface area contributed by atoms with Crippen LogP contribution in [0.15, 0.2) is 18.2 Å². The zero-order valence-electron chi connectivity index (χ0n) is 7.63. The summed E-state index contributed by atoms with van der Waals surface area (Å²) in [6.45, 7) is 3.62. The first kappa shape index (κ1) is 10.1. The van der Waals surface area contributed by atoms with Gasteiger partial charge in [-0.05, 0) is 30.7 Å². The normalized spacial score (nSPS) is 9.77. The molecule has 0 aliphatic carbocycles. The van der Waals surface area contributed by atoms with Crippen LogP contribution >= 0.6 is 11.6 Å². The first-order chi connectivity index (χ1) is 6.13. The predicted octanol–water partition coefficient (Wildman–Crippen LogP) is 2.96. The van der Waals surface area contributed by atoms with Crippen LogP contribution < -0.4 is 4.74 Å². The molecular weight excluding hydrogens is 188 g/mol. The second-order valence-corrected chi connectivity index (χ2v) is 3.15. The van der Waals surface area contributed by atoms with E-state index in [1.807, 2.05) is 6.92 Å². The molecule has 0 aromatic heterocycles. The lowest BCUT2D eigenvalue weighted by Crippen LogP contribution is -2.05. The molecule has 3 heteroatoms. The van der Waals surface area contributed by atoms with E-state index in [4.69, 9.17) is 16.3 Å². The van der Waals surface area contributed by atoms with Crippen molar-refractivity contribution in [3.05, 3.63) is 28.8 Å². The molecule has 0 aliphatic rings. The van der Waals surface area contributed by atoms with Crippen LogP contribution in [0.1, 0.15) is 18.9 Å². The average Bonchev–Trinajstić information content (AvgIpc) is 2.11. The smallest absolute Gasteiger partial charge is 0.310 e. The summed E-state index contributed by atoms with van der Waals surface area (Å²) in [7, 11) is 0. The topological polar surface area (TPSA) is 26.3 Å². The molecular formula is C10H11ClO2. The van der Waals surface area contributed by atoms with Crippen molar-refractivity contribution in [1.29, 1.82) is 0 Å². The van der Waals surface area contributed by atoms with Gasteiger partial charge >= 0.3 is 5.97 Å². The Kier molecular flexibility index (Phi) is 3.32. The van der Waals surface area contributed by atoms with E-state index in [-0.39, 0.29) is 5.97 Å². The summed E-state index contributed by atoms with van der Waals surface area (Å²) in [5.74, 6) is 0.315. The van der Waals surface area contributed by atoms with Gasteiger partial charge in [0.2, 0.25) is 0 Å². The van der Waals surface area contributed by atoms with Gasteiger partial charge in [0.1, 0.15) is 5.75 Å². The number of rotatable bonds is 2. The molecule has 0 heterocycles. The monoisotopic (exact) mass is 198 g/mol. The number of esters is 1. The molecule has 0 unspecified atom stereocenters. The Labute approximate surface area is 82.5 Å².